The number of hydrogen-bond acceptors (Lipinski definition) is 1. The second-order valence-corrected chi connectivity index (χ2v) is 4.34. The van der Waals surface area contributed by atoms with Gasteiger partial charge in [-0.15, -0.1) is 11.6 Å². The van der Waals surface area contributed by atoms with Gasteiger partial charge in [-0.3, -0.25) is 0 Å². The fourth-order valence-electron chi connectivity index (χ4n) is 1.40. The summed E-state index contributed by atoms with van der Waals surface area (Å²) in [5, 5.41) is 9.13. The molecule has 0 aromatic heterocycles. The number of aromatic hydroxyl groups is 1. The number of alkyl halides is 1. The van der Waals surface area contributed by atoms with Crippen molar-refractivity contribution in [1.29, 1.82) is 0 Å². The summed E-state index contributed by atoms with van der Waals surface area (Å²) in [6.45, 7) is 4.38. The van der Waals surface area contributed by atoms with E-state index in [1.54, 1.807) is 12.1 Å². The van der Waals surface area contributed by atoms with Gasteiger partial charge in [0.1, 0.15) is 5.75 Å². The van der Waals surface area contributed by atoms with Gasteiger partial charge < -0.3 is 5.11 Å². The van der Waals surface area contributed by atoms with E-state index in [4.69, 9.17) is 16.7 Å². The van der Waals surface area contributed by atoms with Crippen molar-refractivity contribution in [2.75, 3.05) is 5.88 Å². The summed E-state index contributed by atoms with van der Waals surface area (Å²) in [4.78, 5) is 0. The van der Waals surface area contributed by atoms with Gasteiger partial charge in [-0.05, 0) is 36.0 Å². The number of benzene rings is 1. The predicted molar refractivity (Wildman–Crippen MR) is 60.9 cm³/mol. The van der Waals surface area contributed by atoms with Crippen molar-refractivity contribution >= 4 is 11.6 Å². The van der Waals surface area contributed by atoms with Crippen molar-refractivity contribution in [3.8, 4) is 5.75 Å². The Labute approximate surface area is 90.7 Å². The standard InChI is InChI=1S/C12H17ClO/c1-9(2)11(8-13)7-10-3-5-12(14)6-4-10/h3-6,9,11,14H,7-8H2,1-2H3. The molecular weight excluding hydrogens is 196 g/mol. The Balaban J connectivity index is 2.63. The van der Waals surface area contributed by atoms with Gasteiger partial charge >= 0.3 is 0 Å². The van der Waals surface area contributed by atoms with E-state index in [1.165, 1.54) is 5.56 Å². The summed E-state index contributed by atoms with van der Waals surface area (Å²) in [5.41, 5.74) is 1.24. The molecule has 0 spiro atoms. The Morgan fingerprint density at radius 1 is 1.21 bits per heavy atom. The van der Waals surface area contributed by atoms with Gasteiger partial charge in [0.15, 0.2) is 0 Å². The number of rotatable bonds is 4. The topological polar surface area (TPSA) is 20.2 Å². The third-order valence-corrected chi connectivity index (χ3v) is 2.97. The second-order valence-electron chi connectivity index (χ2n) is 4.03. The van der Waals surface area contributed by atoms with Gasteiger partial charge in [0.2, 0.25) is 0 Å². The lowest BCUT2D eigenvalue weighted by atomic mass is 9.91. The number of halogens is 1. The van der Waals surface area contributed by atoms with Gasteiger partial charge in [-0.25, -0.2) is 0 Å². The predicted octanol–water partition coefficient (Wildman–Crippen LogP) is 3.45. The molecule has 2 heteroatoms. The molecule has 1 aromatic carbocycles. The zero-order chi connectivity index (χ0) is 10.6. The van der Waals surface area contributed by atoms with E-state index in [1.807, 2.05) is 12.1 Å². The van der Waals surface area contributed by atoms with E-state index in [-0.39, 0.29) is 0 Å². The molecule has 0 bridgehead atoms. The zero-order valence-corrected chi connectivity index (χ0v) is 9.46. The van der Waals surface area contributed by atoms with Crippen molar-refractivity contribution in [3.05, 3.63) is 29.8 Å². The highest BCUT2D eigenvalue weighted by Gasteiger charge is 2.12. The summed E-state index contributed by atoms with van der Waals surface area (Å²) in [5.74, 6) is 2.13. The first-order chi connectivity index (χ1) is 6.63. The Morgan fingerprint density at radius 2 is 1.79 bits per heavy atom. The van der Waals surface area contributed by atoms with Crippen LogP contribution in [0.3, 0.4) is 0 Å². The smallest absolute Gasteiger partial charge is 0.115 e. The van der Waals surface area contributed by atoms with E-state index in [9.17, 15) is 0 Å². The van der Waals surface area contributed by atoms with Crippen molar-refractivity contribution in [1.82, 2.24) is 0 Å². The Morgan fingerprint density at radius 3 is 2.21 bits per heavy atom. The van der Waals surface area contributed by atoms with Crippen LogP contribution >= 0.6 is 11.6 Å². The first-order valence-electron chi connectivity index (χ1n) is 4.97. The molecule has 0 amide bonds. The molecule has 0 aliphatic rings. The molecule has 0 radical (unpaired) electrons. The zero-order valence-electron chi connectivity index (χ0n) is 8.70. The summed E-state index contributed by atoms with van der Waals surface area (Å²) in [7, 11) is 0. The summed E-state index contributed by atoms with van der Waals surface area (Å²) in [6, 6.07) is 7.36. The van der Waals surface area contributed by atoms with Crippen LogP contribution in [0.15, 0.2) is 24.3 Å². The molecule has 0 aliphatic carbocycles. The van der Waals surface area contributed by atoms with Crippen LogP contribution in [0.2, 0.25) is 0 Å². The lowest BCUT2D eigenvalue weighted by Gasteiger charge is -2.17. The van der Waals surface area contributed by atoms with E-state index in [0.717, 1.165) is 6.42 Å². The normalized spacial score (nSPS) is 13.1. The monoisotopic (exact) mass is 212 g/mol. The van der Waals surface area contributed by atoms with Crippen LogP contribution in [0.1, 0.15) is 19.4 Å². The maximum Gasteiger partial charge on any atom is 0.115 e. The molecule has 1 rings (SSSR count). The first-order valence-corrected chi connectivity index (χ1v) is 5.50. The van der Waals surface area contributed by atoms with Gasteiger partial charge in [0.05, 0.1) is 0 Å². The molecule has 1 nitrogen and oxygen atoms in total. The van der Waals surface area contributed by atoms with Crippen molar-refractivity contribution in [2.45, 2.75) is 20.3 Å². The third kappa shape index (κ3) is 3.22. The van der Waals surface area contributed by atoms with Crippen LogP contribution in [-0.4, -0.2) is 11.0 Å². The minimum absolute atomic E-state index is 0.320. The van der Waals surface area contributed by atoms with Gasteiger partial charge in [0.25, 0.3) is 0 Å². The first kappa shape index (κ1) is 11.4. The van der Waals surface area contributed by atoms with E-state index >= 15 is 0 Å². The van der Waals surface area contributed by atoms with Gasteiger partial charge in [0, 0.05) is 5.88 Å². The van der Waals surface area contributed by atoms with E-state index in [2.05, 4.69) is 13.8 Å². The van der Waals surface area contributed by atoms with Gasteiger partial charge in [-0.1, -0.05) is 26.0 Å². The number of phenolic OH excluding ortho intramolecular Hbond substituents is 1. The highest BCUT2D eigenvalue weighted by atomic mass is 35.5. The molecule has 1 aromatic rings. The Bertz CT molecular complexity index is 266. The molecular formula is C12H17ClO. The quantitative estimate of drug-likeness (QED) is 0.759. The Kier molecular flexibility index (Phi) is 4.27. The molecule has 78 valence electrons. The van der Waals surface area contributed by atoms with Crippen molar-refractivity contribution in [2.24, 2.45) is 11.8 Å². The van der Waals surface area contributed by atoms with Crippen LogP contribution in [0.4, 0.5) is 0 Å². The largest absolute Gasteiger partial charge is 0.508 e. The summed E-state index contributed by atoms with van der Waals surface area (Å²) >= 11 is 5.89. The average molecular weight is 213 g/mol. The Hall–Kier alpha value is -0.690. The molecule has 0 heterocycles. The van der Waals surface area contributed by atoms with Crippen molar-refractivity contribution in [3.63, 3.8) is 0 Å². The van der Waals surface area contributed by atoms with Crippen LogP contribution in [0.5, 0.6) is 5.75 Å². The van der Waals surface area contributed by atoms with Crippen LogP contribution in [0, 0.1) is 11.8 Å². The third-order valence-electron chi connectivity index (χ3n) is 2.58. The molecule has 14 heavy (non-hydrogen) atoms. The average Bonchev–Trinajstić information content (AvgIpc) is 2.16. The van der Waals surface area contributed by atoms with Crippen LogP contribution in [-0.2, 0) is 6.42 Å². The molecule has 1 unspecified atom stereocenters. The van der Waals surface area contributed by atoms with E-state index < -0.39 is 0 Å². The molecule has 0 aliphatic heterocycles. The highest BCUT2D eigenvalue weighted by Crippen LogP contribution is 2.20. The molecule has 0 saturated heterocycles. The lowest BCUT2D eigenvalue weighted by molar-refractivity contribution is 0.422. The number of phenols is 1. The minimum atomic E-state index is 0.320. The van der Waals surface area contributed by atoms with Gasteiger partial charge in [-0.2, -0.15) is 0 Å². The second kappa shape index (κ2) is 5.26. The van der Waals surface area contributed by atoms with E-state index in [0.29, 0.717) is 23.5 Å². The molecule has 1 N–H and O–H groups in total. The highest BCUT2D eigenvalue weighted by molar-refractivity contribution is 6.18. The number of hydrogen-bond donors (Lipinski definition) is 1. The minimum Gasteiger partial charge on any atom is -0.508 e. The SMILES string of the molecule is CC(C)C(CCl)Cc1ccc(O)cc1. The molecule has 0 saturated carbocycles. The fourth-order valence-corrected chi connectivity index (χ4v) is 1.87. The summed E-state index contributed by atoms with van der Waals surface area (Å²) in [6.07, 6.45) is 0.988. The maximum absolute atomic E-state index is 9.13. The summed E-state index contributed by atoms with van der Waals surface area (Å²) < 4.78 is 0. The van der Waals surface area contributed by atoms with Crippen LogP contribution in [0.25, 0.3) is 0 Å². The molecule has 0 fully saturated rings. The molecule has 1 atom stereocenters. The van der Waals surface area contributed by atoms with Crippen LogP contribution < -0.4 is 0 Å². The fraction of sp³-hybridized carbons (Fsp3) is 0.500. The lowest BCUT2D eigenvalue weighted by Crippen LogP contribution is -2.13. The van der Waals surface area contributed by atoms with Crippen molar-refractivity contribution < 1.29 is 5.11 Å². The maximum atomic E-state index is 9.13.